The molecule has 2 aromatic rings. The van der Waals surface area contributed by atoms with Gasteiger partial charge in [-0.25, -0.2) is 9.78 Å². The number of carbonyl (C=O) groups is 1. The molecular formula is C21H20F6N4O2S. The second kappa shape index (κ2) is 9.79. The number of halogens is 6. The van der Waals surface area contributed by atoms with Gasteiger partial charge in [0.2, 0.25) is 0 Å². The fourth-order valence-corrected chi connectivity index (χ4v) is 4.81. The fourth-order valence-electron chi connectivity index (χ4n) is 3.69. The minimum absolute atomic E-state index is 0.0149. The van der Waals surface area contributed by atoms with Crippen LogP contribution in [0.3, 0.4) is 0 Å². The highest BCUT2D eigenvalue weighted by atomic mass is 32.1. The standard InChI is InChI=1S/C21H20F6N4O2S/c22-20(23,24)19(33,21(25,26)27)16-12-30-18(34-16)31(15-4-2-1-3-5-15)17(32)29-11-14-8-6-13(10-28)7-9-14/h6-9,12,15,33H,1-5,11H2,(H,29,32). The third-order valence-corrected chi connectivity index (χ3v) is 6.67. The van der Waals surface area contributed by atoms with Crippen LogP contribution in [0.25, 0.3) is 0 Å². The average molecular weight is 506 g/mol. The lowest BCUT2D eigenvalue weighted by Crippen LogP contribution is -2.53. The summed E-state index contributed by atoms with van der Waals surface area (Å²) < 4.78 is 79.6. The van der Waals surface area contributed by atoms with Gasteiger partial charge in [-0.1, -0.05) is 42.7 Å². The van der Waals surface area contributed by atoms with Crippen LogP contribution in [-0.2, 0) is 12.1 Å². The van der Waals surface area contributed by atoms with Crippen molar-refractivity contribution in [2.75, 3.05) is 4.90 Å². The van der Waals surface area contributed by atoms with E-state index in [4.69, 9.17) is 5.26 Å². The van der Waals surface area contributed by atoms with Crippen molar-refractivity contribution < 1.29 is 36.2 Å². The number of amides is 2. The van der Waals surface area contributed by atoms with E-state index < -0.39 is 34.9 Å². The number of hydrogen-bond acceptors (Lipinski definition) is 5. The number of nitrogens with zero attached hydrogens (tertiary/aromatic N) is 3. The Bertz CT molecular complexity index is 1030. The number of nitriles is 1. The summed E-state index contributed by atoms with van der Waals surface area (Å²) in [6.07, 6.45) is -8.41. The van der Waals surface area contributed by atoms with E-state index in [1.807, 2.05) is 6.07 Å². The van der Waals surface area contributed by atoms with Gasteiger partial charge in [-0.2, -0.15) is 31.6 Å². The Balaban J connectivity index is 1.90. The Morgan fingerprint density at radius 1 is 1.12 bits per heavy atom. The van der Waals surface area contributed by atoms with Crippen LogP contribution in [0.4, 0.5) is 36.3 Å². The largest absolute Gasteiger partial charge is 0.431 e. The number of aromatic nitrogens is 1. The van der Waals surface area contributed by atoms with Crippen molar-refractivity contribution in [3.8, 4) is 6.07 Å². The van der Waals surface area contributed by atoms with Gasteiger partial charge in [-0.3, -0.25) is 4.90 Å². The first-order chi connectivity index (χ1) is 15.9. The van der Waals surface area contributed by atoms with Crippen LogP contribution in [0.15, 0.2) is 30.5 Å². The van der Waals surface area contributed by atoms with Crippen molar-refractivity contribution >= 4 is 22.5 Å². The number of nitrogens with one attached hydrogen (secondary N) is 1. The van der Waals surface area contributed by atoms with Gasteiger partial charge < -0.3 is 10.4 Å². The van der Waals surface area contributed by atoms with E-state index in [2.05, 4.69) is 10.3 Å². The van der Waals surface area contributed by atoms with Crippen molar-refractivity contribution in [2.24, 2.45) is 0 Å². The first-order valence-corrected chi connectivity index (χ1v) is 11.1. The number of alkyl halides is 6. The summed E-state index contributed by atoms with van der Waals surface area (Å²) in [5, 5.41) is 20.8. The van der Waals surface area contributed by atoms with Crippen molar-refractivity contribution in [1.29, 1.82) is 5.26 Å². The molecule has 1 aromatic carbocycles. The lowest BCUT2D eigenvalue weighted by Gasteiger charge is -2.33. The van der Waals surface area contributed by atoms with Gasteiger partial charge in [-0.05, 0) is 30.5 Å². The van der Waals surface area contributed by atoms with Gasteiger partial charge in [0.15, 0.2) is 5.13 Å². The average Bonchev–Trinajstić information content (AvgIpc) is 3.26. The monoisotopic (exact) mass is 506 g/mol. The summed E-state index contributed by atoms with van der Waals surface area (Å²) in [6.45, 7) is 0.0149. The number of hydrogen-bond donors (Lipinski definition) is 2. The molecule has 13 heteroatoms. The van der Waals surface area contributed by atoms with Crippen molar-refractivity contribution in [2.45, 2.75) is 62.6 Å². The topological polar surface area (TPSA) is 89.3 Å². The number of thiazole rings is 1. The molecule has 0 atom stereocenters. The van der Waals surface area contributed by atoms with Gasteiger partial charge in [-0.15, -0.1) is 0 Å². The maximum atomic E-state index is 13.3. The molecular weight excluding hydrogens is 486 g/mol. The summed E-state index contributed by atoms with van der Waals surface area (Å²) in [5.41, 5.74) is -4.05. The van der Waals surface area contributed by atoms with Gasteiger partial charge in [0.1, 0.15) is 0 Å². The first kappa shape index (κ1) is 25.8. The number of anilines is 1. The summed E-state index contributed by atoms with van der Waals surface area (Å²) in [7, 11) is 0. The molecule has 34 heavy (non-hydrogen) atoms. The molecule has 1 aromatic heterocycles. The number of carbonyl (C=O) groups excluding carboxylic acids is 1. The summed E-state index contributed by atoms with van der Waals surface area (Å²) >= 11 is -0.0218. The van der Waals surface area contributed by atoms with Gasteiger partial charge >= 0.3 is 18.4 Å². The van der Waals surface area contributed by atoms with E-state index in [0.29, 0.717) is 30.2 Å². The Kier molecular flexibility index (Phi) is 7.42. The highest BCUT2D eigenvalue weighted by molar-refractivity contribution is 7.16. The Hall–Kier alpha value is -2.85. The number of rotatable bonds is 5. The number of benzene rings is 1. The third kappa shape index (κ3) is 5.12. The van der Waals surface area contributed by atoms with Gasteiger partial charge in [0.05, 0.1) is 16.5 Å². The zero-order chi connectivity index (χ0) is 25.1. The molecule has 0 unspecified atom stereocenters. The van der Waals surface area contributed by atoms with Gasteiger partial charge in [0.25, 0.3) is 5.60 Å². The molecule has 3 rings (SSSR count). The molecule has 2 amide bonds. The minimum Gasteiger partial charge on any atom is -0.369 e. The molecule has 1 aliphatic carbocycles. The van der Waals surface area contributed by atoms with Crippen LogP contribution in [0.2, 0.25) is 0 Å². The zero-order valence-corrected chi connectivity index (χ0v) is 18.4. The van der Waals surface area contributed by atoms with E-state index in [1.165, 1.54) is 0 Å². The van der Waals surface area contributed by atoms with E-state index in [1.54, 1.807) is 24.3 Å². The molecule has 0 aliphatic heterocycles. The van der Waals surface area contributed by atoms with Crippen LogP contribution in [-0.4, -0.2) is 34.5 Å². The van der Waals surface area contributed by atoms with E-state index in [9.17, 15) is 36.2 Å². The molecule has 6 nitrogen and oxygen atoms in total. The Morgan fingerprint density at radius 2 is 1.71 bits per heavy atom. The predicted molar refractivity (Wildman–Crippen MR) is 111 cm³/mol. The molecule has 2 N–H and O–H groups in total. The van der Waals surface area contributed by atoms with Crippen LogP contribution in [0.1, 0.15) is 48.1 Å². The summed E-state index contributed by atoms with van der Waals surface area (Å²) in [5.74, 6) is 0. The molecule has 0 saturated heterocycles. The first-order valence-electron chi connectivity index (χ1n) is 10.3. The molecule has 0 spiro atoms. The van der Waals surface area contributed by atoms with Crippen molar-refractivity contribution in [3.63, 3.8) is 0 Å². The molecule has 1 saturated carbocycles. The van der Waals surface area contributed by atoms with Crippen molar-refractivity contribution in [3.05, 3.63) is 46.5 Å². The molecule has 184 valence electrons. The predicted octanol–water partition coefficient (Wildman–Crippen LogP) is 5.38. The lowest BCUT2D eigenvalue weighted by atomic mass is 9.94. The second-order valence-corrected chi connectivity index (χ2v) is 8.85. The van der Waals surface area contributed by atoms with E-state index in [-0.39, 0.29) is 23.0 Å². The summed E-state index contributed by atoms with van der Waals surface area (Å²) in [6, 6.07) is 7.05. The van der Waals surface area contributed by atoms with Gasteiger partial charge in [0, 0.05) is 18.8 Å². The molecule has 1 fully saturated rings. The molecule has 0 bridgehead atoms. The van der Waals surface area contributed by atoms with Crippen LogP contribution >= 0.6 is 11.3 Å². The minimum atomic E-state index is -6.04. The third-order valence-electron chi connectivity index (χ3n) is 5.56. The Labute approximate surface area is 194 Å². The van der Waals surface area contributed by atoms with Crippen molar-refractivity contribution in [1.82, 2.24) is 10.3 Å². The lowest BCUT2D eigenvalue weighted by molar-refractivity contribution is -0.375. The maximum absolute atomic E-state index is 13.3. The molecule has 1 aliphatic rings. The Morgan fingerprint density at radius 3 is 2.24 bits per heavy atom. The quantitative estimate of drug-likeness (QED) is 0.534. The normalized spacial score (nSPS) is 15.6. The molecule has 0 radical (unpaired) electrons. The number of urea groups is 1. The maximum Gasteiger partial charge on any atom is 0.431 e. The number of aliphatic hydroxyl groups is 1. The smallest absolute Gasteiger partial charge is 0.369 e. The fraction of sp³-hybridized carbons (Fsp3) is 0.476. The van der Waals surface area contributed by atoms with Crippen LogP contribution in [0.5, 0.6) is 0 Å². The van der Waals surface area contributed by atoms with Crippen LogP contribution < -0.4 is 10.2 Å². The summed E-state index contributed by atoms with van der Waals surface area (Å²) in [4.78, 5) is 16.3. The van der Waals surface area contributed by atoms with E-state index >= 15 is 0 Å². The highest BCUT2D eigenvalue weighted by Gasteiger charge is 2.72. The second-order valence-electron chi connectivity index (χ2n) is 7.84. The van der Waals surface area contributed by atoms with E-state index in [0.717, 1.165) is 24.2 Å². The highest BCUT2D eigenvalue weighted by Crippen LogP contribution is 2.52. The zero-order valence-electron chi connectivity index (χ0n) is 17.6. The van der Waals surface area contributed by atoms with Crippen LogP contribution in [0, 0.1) is 11.3 Å². The SMILES string of the molecule is N#Cc1ccc(CNC(=O)N(c2ncc(C(O)(C(F)(F)F)C(F)(F)F)s2)C2CCCCC2)cc1. The molecule has 1 heterocycles.